The Hall–Kier alpha value is -1.50. The minimum atomic E-state index is 0.719. The van der Waals surface area contributed by atoms with E-state index < -0.39 is 0 Å². The van der Waals surface area contributed by atoms with E-state index in [0.29, 0.717) is 0 Å². The smallest absolute Gasteiger partial charge is 0.0876 e. The third kappa shape index (κ3) is 7.18. The molecule has 1 nitrogen and oxygen atoms in total. The summed E-state index contributed by atoms with van der Waals surface area (Å²) in [6.07, 6.45) is 7.75. The van der Waals surface area contributed by atoms with Crippen molar-refractivity contribution in [3.05, 3.63) is 53.8 Å². The van der Waals surface area contributed by atoms with E-state index in [0.717, 1.165) is 18.9 Å². The van der Waals surface area contributed by atoms with E-state index in [1.165, 1.54) is 29.6 Å². The Morgan fingerprint density at radius 1 is 1.10 bits per heavy atom. The van der Waals surface area contributed by atoms with Gasteiger partial charge in [-0.15, -0.1) is 0 Å². The average Bonchev–Trinajstić information content (AvgIpc) is 2.44. The standard InChI is InChI=1S/C19H28O/c1-16(2)9-8-10-17(3)13-14-20-15-18(4)19-11-6-5-7-12-19/h5-7,9,11-12,15,17H,8,10,13-14H2,1-4H3/b18-15+. The van der Waals surface area contributed by atoms with Crippen LogP contribution in [0.2, 0.25) is 0 Å². The van der Waals surface area contributed by atoms with Crippen molar-refractivity contribution in [1.29, 1.82) is 0 Å². The van der Waals surface area contributed by atoms with Crippen LogP contribution in [-0.2, 0) is 4.74 Å². The van der Waals surface area contributed by atoms with Crippen molar-refractivity contribution in [3.63, 3.8) is 0 Å². The Labute approximate surface area is 124 Å². The molecule has 0 radical (unpaired) electrons. The van der Waals surface area contributed by atoms with E-state index in [1.54, 1.807) is 0 Å². The third-order valence-electron chi connectivity index (χ3n) is 3.43. The molecule has 1 aromatic rings. The molecule has 20 heavy (non-hydrogen) atoms. The monoisotopic (exact) mass is 272 g/mol. The first kappa shape index (κ1) is 16.6. The van der Waals surface area contributed by atoms with Crippen molar-refractivity contribution in [2.45, 2.75) is 47.0 Å². The fourth-order valence-corrected chi connectivity index (χ4v) is 2.02. The maximum absolute atomic E-state index is 5.67. The van der Waals surface area contributed by atoms with E-state index in [2.05, 4.69) is 58.0 Å². The zero-order chi connectivity index (χ0) is 14.8. The Kier molecular flexibility index (Phi) is 7.79. The zero-order valence-corrected chi connectivity index (χ0v) is 13.4. The largest absolute Gasteiger partial charge is 0.501 e. The third-order valence-corrected chi connectivity index (χ3v) is 3.43. The van der Waals surface area contributed by atoms with E-state index in [1.807, 2.05) is 12.3 Å². The molecular formula is C19H28O. The summed E-state index contributed by atoms with van der Waals surface area (Å²) in [4.78, 5) is 0. The normalized spacial score (nSPS) is 12.9. The van der Waals surface area contributed by atoms with Crippen LogP contribution in [0.1, 0.15) is 52.5 Å². The molecular weight excluding hydrogens is 244 g/mol. The van der Waals surface area contributed by atoms with Gasteiger partial charge in [0.1, 0.15) is 0 Å². The van der Waals surface area contributed by atoms with Gasteiger partial charge in [0.25, 0.3) is 0 Å². The van der Waals surface area contributed by atoms with Gasteiger partial charge < -0.3 is 4.74 Å². The molecule has 1 aromatic carbocycles. The Balaban J connectivity index is 2.22. The zero-order valence-electron chi connectivity index (χ0n) is 13.4. The predicted octanol–water partition coefficient (Wildman–Crippen LogP) is 5.84. The lowest BCUT2D eigenvalue weighted by atomic mass is 10.0. The van der Waals surface area contributed by atoms with Crippen LogP contribution in [0, 0.1) is 5.92 Å². The lowest BCUT2D eigenvalue weighted by Crippen LogP contribution is -1.99. The first-order chi connectivity index (χ1) is 9.59. The van der Waals surface area contributed by atoms with Gasteiger partial charge in [-0.05, 0) is 57.1 Å². The highest BCUT2D eigenvalue weighted by Gasteiger charge is 2.01. The van der Waals surface area contributed by atoms with Gasteiger partial charge in [-0.1, -0.05) is 48.9 Å². The number of ether oxygens (including phenoxy) is 1. The topological polar surface area (TPSA) is 9.23 Å². The van der Waals surface area contributed by atoms with Crippen LogP contribution < -0.4 is 0 Å². The molecule has 1 atom stereocenters. The summed E-state index contributed by atoms with van der Waals surface area (Å²) >= 11 is 0. The highest BCUT2D eigenvalue weighted by Crippen LogP contribution is 2.14. The molecule has 110 valence electrons. The first-order valence-corrected chi connectivity index (χ1v) is 7.56. The molecule has 1 heteroatoms. The lowest BCUT2D eigenvalue weighted by molar-refractivity contribution is 0.224. The van der Waals surface area contributed by atoms with E-state index in [-0.39, 0.29) is 0 Å². The predicted molar refractivity (Wildman–Crippen MR) is 88.5 cm³/mol. The van der Waals surface area contributed by atoms with Gasteiger partial charge >= 0.3 is 0 Å². The molecule has 0 aromatic heterocycles. The SMILES string of the molecule is CC(C)=CCCC(C)CCO/C=C(\C)c1ccccc1. The van der Waals surface area contributed by atoms with Crippen LogP contribution in [-0.4, -0.2) is 6.61 Å². The molecule has 0 fully saturated rings. The molecule has 1 unspecified atom stereocenters. The second-order valence-electron chi connectivity index (χ2n) is 5.79. The van der Waals surface area contributed by atoms with E-state index >= 15 is 0 Å². The summed E-state index contributed by atoms with van der Waals surface area (Å²) < 4.78 is 5.67. The molecule has 0 aliphatic heterocycles. The van der Waals surface area contributed by atoms with Gasteiger partial charge in [-0.25, -0.2) is 0 Å². The number of allylic oxidation sites excluding steroid dienone is 3. The summed E-state index contributed by atoms with van der Waals surface area (Å²) in [6.45, 7) is 9.51. The van der Waals surface area contributed by atoms with Gasteiger partial charge in [0.05, 0.1) is 12.9 Å². The summed E-state index contributed by atoms with van der Waals surface area (Å²) in [7, 11) is 0. The number of benzene rings is 1. The highest BCUT2D eigenvalue weighted by molar-refractivity contribution is 5.62. The van der Waals surface area contributed by atoms with Crippen LogP contribution in [0.15, 0.2) is 48.2 Å². The lowest BCUT2D eigenvalue weighted by Gasteiger charge is -2.10. The van der Waals surface area contributed by atoms with E-state index in [4.69, 9.17) is 4.74 Å². The van der Waals surface area contributed by atoms with Crippen LogP contribution in [0.4, 0.5) is 0 Å². The molecule has 0 bridgehead atoms. The van der Waals surface area contributed by atoms with Gasteiger partial charge in [-0.3, -0.25) is 0 Å². The fourth-order valence-electron chi connectivity index (χ4n) is 2.02. The minimum absolute atomic E-state index is 0.719. The number of rotatable bonds is 8. The fraction of sp³-hybridized carbons (Fsp3) is 0.474. The summed E-state index contributed by atoms with van der Waals surface area (Å²) in [5.74, 6) is 0.719. The Bertz CT molecular complexity index is 424. The van der Waals surface area contributed by atoms with Gasteiger partial charge in [-0.2, -0.15) is 0 Å². The first-order valence-electron chi connectivity index (χ1n) is 7.56. The quantitative estimate of drug-likeness (QED) is 0.328. The van der Waals surface area contributed by atoms with Gasteiger partial charge in [0.2, 0.25) is 0 Å². The van der Waals surface area contributed by atoms with Gasteiger partial charge in [0, 0.05) is 0 Å². The highest BCUT2D eigenvalue weighted by atomic mass is 16.5. The van der Waals surface area contributed by atoms with Crippen molar-refractivity contribution in [1.82, 2.24) is 0 Å². The average molecular weight is 272 g/mol. The Morgan fingerprint density at radius 3 is 2.45 bits per heavy atom. The van der Waals surface area contributed by atoms with Crippen LogP contribution in [0.5, 0.6) is 0 Å². The summed E-state index contributed by atoms with van der Waals surface area (Å²) in [5, 5.41) is 0. The van der Waals surface area contributed by atoms with E-state index in [9.17, 15) is 0 Å². The van der Waals surface area contributed by atoms with Crippen LogP contribution >= 0.6 is 0 Å². The van der Waals surface area contributed by atoms with Crippen molar-refractivity contribution in [2.24, 2.45) is 5.92 Å². The molecule has 0 amide bonds. The minimum Gasteiger partial charge on any atom is -0.501 e. The van der Waals surface area contributed by atoms with Crippen molar-refractivity contribution >= 4 is 5.57 Å². The second kappa shape index (κ2) is 9.41. The maximum Gasteiger partial charge on any atom is 0.0876 e. The molecule has 0 heterocycles. The molecule has 0 N–H and O–H groups in total. The maximum atomic E-state index is 5.67. The molecule has 0 aliphatic carbocycles. The summed E-state index contributed by atoms with van der Waals surface area (Å²) in [5.41, 5.74) is 3.82. The molecule has 1 rings (SSSR count). The van der Waals surface area contributed by atoms with Crippen molar-refractivity contribution in [3.8, 4) is 0 Å². The summed E-state index contributed by atoms with van der Waals surface area (Å²) in [6, 6.07) is 10.4. The molecule has 0 saturated heterocycles. The number of hydrogen-bond donors (Lipinski definition) is 0. The molecule has 0 aliphatic rings. The number of hydrogen-bond acceptors (Lipinski definition) is 1. The van der Waals surface area contributed by atoms with Gasteiger partial charge in [0.15, 0.2) is 0 Å². The van der Waals surface area contributed by atoms with Crippen molar-refractivity contribution in [2.75, 3.05) is 6.61 Å². The van der Waals surface area contributed by atoms with Crippen LogP contribution in [0.3, 0.4) is 0 Å². The second-order valence-corrected chi connectivity index (χ2v) is 5.79. The Morgan fingerprint density at radius 2 is 1.80 bits per heavy atom. The van der Waals surface area contributed by atoms with Crippen LogP contribution in [0.25, 0.3) is 5.57 Å². The molecule has 0 spiro atoms. The molecule has 0 saturated carbocycles. The van der Waals surface area contributed by atoms with Crippen molar-refractivity contribution < 1.29 is 4.74 Å².